The Hall–Kier alpha value is -1.71. The molecule has 0 spiro atoms. The predicted octanol–water partition coefficient (Wildman–Crippen LogP) is 1.07. The second kappa shape index (κ2) is 3.35. The summed E-state index contributed by atoms with van der Waals surface area (Å²) in [5, 5.41) is 0. The van der Waals surface area contributed by atoms with E-state index in [2.05, 4.69) is 4.98 Å². The van der Waals surface area contributed by atoms with Gasteiger partial charge in [0.25, 0.3) is 0 Å². The van der Waals surface area contributed by atoms with Gasteiger partial charge in [-0.05, 0) is 12.1 Å². The fourth-order valence-corrected chi connectivity index (χ4v) is 0.948. The van der Waals surface area contributed by atoms with Crippen molar-refractivity contribution in [1.82, 2.24) is 4.98 Å². The quantitative estimate of drug-likeness (QED) is 0.687. The molecule has 13 heavy (non-hydrogen) atoms. The number of hydrogen-bond acceptors (Lipinski definition) is 4. The van der Waals surface area contributed by atoms with Gasteiger partial charge in [0.05, 0.1) is 5.69 Å². The van der Waals surface area contributed by atoms with E-state index < -0.39 is 0 Å². The molecule has 1 rings (SSSR count). The van der Waals surface area contributed by atoms with Gasteiger partial charge < -0.3 is 5.73 Å². The van der Waals surface area contributed by atoms with Gasteiger partial charge in [0, 0.05) is 13.8 Å². The third-order valence-corrected chi connectivity index (χ3v) is 1.62. The lowest BCUT2D eigenvalue weighted by atomic mass is 10.2. The minimum Gasteiger partial charge on any atom is -0.397 e. The Labute approximate surface area is 75.8 Å². The Bertz CT molecular complexity index is 372. The lowest BCUT2D eigenvalue weighted by Gasteiger charge is -2.01. The van der Waals surface area contributed by atoms with Crippen molar-refractivity contribution in [1.29, 1.82) is 0 Å². The van der Waals surface area contributed by atoms with Crippen molar-refractivity contribution < 1.29 is 9.59 Å². The molecule has 0 aliphatic rings. The van der Waals surface area contributed by atoms with Crippen LogP contribution in [-0.4, -0.2) is 16.6 Å². The number of aromatic nitrogens is 1. The van der Waals surface area contributed by atoms with Crippen molar-refractivity contribution in [2.24, 2.45) is 0 Å². The molecule has 0 unspecified atom stereocenters. The summed E-state index contributed by atoms with van der Waals surface area (Å²) in [7, 11) is 0. The number of anilines is 1. The first kappa shape index (κ1) is 9.38. The van der Waals surface area contributed by atoms with E-state index in [1.54, 1.807) is 0 Å². The molecule has 0 saturated carbocycles. The molecule has 0 radical (unpaired) electrons. The second-order valence-electron chi connectivity index (χ2n) is 2.75. The van der Waals surface area contributed by atoms with Gasteiger partial charge in [-0.1, -0.05) is 0 Å². The molecule has 0 saturated heterocycles. The molecular formula is C9H10N2O2. The molecule has 68 valence electrons. The number of nitrogens with zero attached hydrogens (tertiary/aromatic N) is 1. The van der Waals surface area contributed by atoms with E-state index in [0.717, 1.165) is 0 Å². The fourth-order valence-electron chi connectivity index (χ4n) is 0.948. The summed E-state index contributed by atoms with van der Waals surface area (Å²) in [4.78, 5) is 25.8. The van der Waals surface area contributed by atoms with Crippen LogP contribution in [0.5, 0.6) is 0 Å². The molecule has 0 amide bonds. The van der Waals surface area contributed by atoms with Crippen molar-refractivity contribution in [2.45, 2.75) is 13.8 Å². The zero-order chi connectivity index (χ0) is 10.0. The number of carbonyl (C=O) groups excluding carboxylic acids is 2. The molecule has 1 aromatic rings. The zero-order valence-electron chi connectivity index (χ0n) is 7.50. The summed E-state index contributed by atoms with van der Waals surface area (Å²) in [5.41, 5.74) is 6.22. The van der Waals surface area contributed by atoms with E-state index in [1.165, 1.54) is 26.0 Å². The highest BCUT2D eigenvalue weighted by atomic mass is 16.1. The van der Waals surface area contributed by atoms with Crippen LogP contribution >= 0.6 is 0 Å². The molecule has 2 N–H and O–H groups in total. The van der Waals surface area contributed by atoms with Crippen LogP contribution < -0.4 is 5.73 Å². The maximum atomic E-state index is 11.0. The molecule has 4 nitrogen and oxygen atoms in total. The molecule has 0 aliphatic heterocycles. The number of hydrogen-bond donors (Lipinski definition) is 1. The minimum atomic E-state index is -0.236. The van der Waals surface area contributed by atoms with Crippen LogP contribution in [0.2, 0.25) is 0 Å². The lowest BCUT2D eigenvalue weighted by Crippen LogP contribution is -2.07. The number of nitrogen functional groups attached to an aromatic ring is 1. The first-order valence-corrected chi connectivity index (χ1v) is 3.80. The van der Waals surface area contributed by atoms with E-state index in [0.29, 0.717) is 5.69 Å². The van der Waals surface area contributed by atoms with Crippen molar-refractivity contribution in [3.63, 3.8) is 0 Å². The number of pyridine rings is 1. The minimum absolute atomic E-state index is 0.160. The van der Waals surface area contributed by atoms with Crippen LogP contribution in [0.15, 0.2) is 12.1 Å². The Morgan fingerprint density at radius 2 is 1.85 bits per heavy atom. The van der Waals surface area contributed by atoms with E-state index in [-0.39, 0.29) is 23.0 Å². The molecule has 0 aromatic carbocycles. The number of ketones is 2. The fraction of sp³-hybridized carbons (Fsp3) is 0.222. The average Bonchev–Trinajstić information content (AvgIpc) is 2.04. The Balaban J connectivity index is 3.27. The molecule has 0 aliphatic carbocycles. The first-order chi connectivity index (χ1) is 6.02. The smallest absolute Gasteiger partial charge is 0.180 e. The molecule has 0 bridgehead atoms. The van der Waals surface area contributed by atoms with Crippen LogP contribution in [0.25, 0.3) is 0 Å². The average molecular weight is 178 g/mol. The monoisotopic (exact) mass is 178 g/mol. The number of rotatable bonds is 2. The third kappa shape index (κ3) is 1.90. The largest absolute Gasteiger partial charge is 0.397 e. The summed E-state index contributed by atoms with van der Waals surface area (Å²) < 4.78 is 0. The van der Waals surface area contributed by atoms with Crippen LogP contribution in [0.1, 0.15) is 34.8 Å². The Morgan fingerprint density at radius 3 is 2.31 bits per heavy atom. The van der Waals surface area contributed by atoms with Gasteiger partial charge in [-0.25, -0.2) is 4.98 Å². The van der Waals surface area contributed by atoms with Crippen molar-refractivity contribution in [3.8, 4) is 0 Å². The summed E-state index contributed by atoms with van der Waals surface area (Å²) in [6, 6.07) is 3.02. The van der Waals surface area contributed by atoms with Gasteiger partial charge in [-0.2, -0.15) is 0 Å². The number of nitrogens with two attached hydrogens (primary N) is 1. The van der Waals surface area contributed by atoms with E-state index in [9.17, 15) is 9.59 Å². The summed E-state index contributed by atoms with van der Waals surface area (Å²) >= 11 is 0. The van der Waals surface area contributed by atoms with Crippen LogP contribution in [-0.2, 0) is 0 Å². The topological polar surface area (TPSA) is 73.1 Å². The lowest BCUT2D eigenvalue weighted by molar-refractivity contribution is 0.101. The summed E-state index contributed by atoms with van der Waals surface area (Å²) in [6.07, 6.45) is 0. The third-order valence-electron chi connectivity index (χ3n) is 1.62. The van der Waals surface area contributed by atoms with Crippen LogP contribution in [0.4, 0.5) is 5.69 Å². The highest BCUT2D eigenvalue weighted by molar-refractivity contribution is 5.99. The van der Waals surface area contributed by atoms with Gasteiger partial charge in [0.1, 0.15) is 11.4 Å². The van der Waals surface area contributed by atoms with Crippen molar-refractivity contribution in [3.05, 3.63) is 23.5 Å². The first-order valence-electron chi connectivity index (χ1n) is 3.80. The second-order valence-corrected chi connectivity index (χ2v) is 2.75. The SMILES string of the molecule is CC(=O)c1ccc(N)c(C(C)=O)n1. The standard InChI is InChI=1S/C9H10N2O2/c1-5(12)8-4-3-7(10)9(11-8)6(2)13/h3-4H,10H2,1-2H3. The van der Waals surface area contributed by atoms with Gasteiger partial charge in [0.15, 0.2) is 11.6 Å². The molecular weight excluding hydrogens is 168 g/mol. The Morgan fingerprint density at radius 1 is 1.23 bits per heavy atom. The van der Waals surface area contributed by atoms with Gasteiger partial charge in [-0.3, -0.25) is 9.59 Å². The highest BCUT2D eigenvalue weighted by Gasteiger charge is 2.09. The molecule has 0 fully saturated rings. The van der Waals surface area contributed by atoms with Gasteiger partial charge in [-0.15, -0.1) is 0 Å². The normalized spacial score (nSPS) is 9.69. The highest BCUT2D eigenvalue weighted by Crippen LogP contribution is 2.10. The summed E-state index contributed by atoms with van der Waals surface area (Å²) in [6.45, 7) is 2.76. The van der Waals surface area contributed by atoms with Gasteiger partial charge in [0.2, 0.25) is 0 Å². The van der Waals surface area contributed by atoms with Crippen molar-refractivity contribution in [2.75, 3.05) is 5.73 Å². The molecule has 1 aromatic heterocycles. The van der Waals surface area contributed by atoms with Crippen LogP contribution in [0, 0.1) is 0 Å². The zero-order valence-corrected chi connectivity index (χ0v) is 7.50. The molecule has 4 heteroatoms. The Kier molecular flexibility index (Phi) is 2.41. The molecule has 0 atom stereocenters. The number of carbonyl (C=O) groups is 2. The van der Waals surface area contributed by atoms with E-state index in [1.807, 2.05) is 0 Å². The van der Waals surface area contributed by atoms with Gasteiger partial charge >= 0.3 is 0 Å². The maximum Gasteiger partial charge on any atom is 0.180 e. The maximum absolute atomic E-state index is 11.0. The van der Waals surface area contributed by atoms with Crippen molar-refractivity contribution >= 4 is 17.3 Å². The van der Waals surface area contributed by atoms with Crippen LogP contribution in [0.3, 0.4) is 0 Å². The number of Topliss-reactive ketones (excluding diaryl/α,β-unsaturated/α-hetero) is 2. The van der Waals surface area contributed by atoms with E-state index >= 15 is 0 Å². The predicted molar refractivity (Wildman–Crippen MR) is 48.7 cm³/mol. The molecule has 1 heterocycles. The summed E-state index contributed by atoms with van der Waals surface area (Å²) in [5.74, 6) is -0.414. The van der Waals surface area contributed by atoms with E-state index in [4.69, 9.17) is 5.73 Å².